The van der Waals surface area contributed by atoms with Gasteiger partial charge >= 0.3 is 0 Å². The van der Waals surface area contributed by atoms with Gasteiger partial charge in [0, 0.05) is 10.7 Å². The van der Waals surface area contributed by atoms with Crippen LogP contribution in [-0.2, 0) is 0 Å². The number of aromatic nitrogens is 6. The minimum Gasteiger partial charge on any atom is -0.277 e. The molecule has 0 unspecified atom stereocenters. The van der Waals surface area contributed by atoms with Crippen molar-refractivity contribution in [1.29, 1.82) is 0 Å². The van der Waals surface area contributed by atoms with Gasteiger partial charge in [-0.1, -0.05) is 0 Å². The van der Waals surface area contributed by atoms with E-state index in [0.29, 0.717) is 5.95 Å². The second kappa shape index (κ2) is 2.42. The van der Waals surface area contributed by atoms with E-state index in [1.54, 1.807) is 12.4 Å². The minimum atomic E-state index is 0.371. The quantitative estimate of drug-likeness (QED) is 0.656. The lowest BCUT2D eigenvalue weighted by Gasteiger charge is -1.96. The molecule has 2 heterocycles. The third kappa shape index (κ3) is 1.14. The highest BCUT2D eigenvalue weighted by Gasteiger charge is 1.92. The molecule has 0 fully saturated rings. The van der Waals surface area contributed by atoms with Crippen molar-refractivity contribution in [3.8, 4) is 5.95 Å². The van der Waals surface area contributed by atoms with Crippen molar-refractivity contribution in [2.45, 2.75) is 0 Å². The molecule has 0 saturated carbocycles. The lowest BCUT2D eigenvalue weighted by molar-refractivity contribution is 0.806. The van der Waals surface area contributed by atoms with Gasteiger partial charge in [0.25, 0.3) is 0 Å². The Morgan fingerprint density at radius 2 is 2.45 bits per heavy atom. The van der Waals surface area contributed by atoms with Crippen molar-refractivity contribution in [3.63, 3.8) is 0 Å². The molecule has 2 rings (SSSR count). The average molecular weight is 214 g/mol. The van der Waals surface area contributed by atoms with Crippen molar-refractivity contribution in [3.05, 3.63) is 16.9 Å². The Kier molecular flexibility index (Phi) is 1.42. The molecule has 2 aromatic heterocycles. The predicted octanol–water partition coefficient (Wildman–Crippen LogP) is -0.223. The summed E-state index contributed by atoms with van der Waals surface area (Å²) in [6.45, 7) is 0. The number of nitrogens with zero attached hydrogens (tertiary/aromatic N) is 6. The van der Waals surface area contributed by atoms with E-state index >= 15 is 0 Å². The molecule has 0 aliphatic heterocycles. The maximum atomic E-state index is 3.92. The molecule has 0 bridgehead atoms. The SMILES string of the molecule is Brc1cnn(-c2nnn[n-]2)c1. The highest BCUT2D eigenvalue weighted by molar-refractivity contribution is 9.10. The summed E-state index contributed by atoms with van der Waals surface area (Å²) in [4.78, 5) is 0. The Morgan fingerprint density at radius 3 is 3.00 bits per heavy atom. The van der Waals surface area contributed by atoms with Crippen LogP contribution < -0.4 is 5.10 Å². The zero-order valence-corrected chi connectivity index (χ0v) is 6.80. The third-order valence-electron chi connectivity index (χ3n) is 1.06. The molecular weight excluding hydrogens is 212 g/mol. The summed E-state index contributed by atoms with van der Waals surface area (Å²) in [5, 5.41) is 17.8. The molecule has 0 saturated heterocycles. The molecule has 0 N–H and O–H groups in total. The van der Waals surface area contributed by atoms with Crippen LogP contribution in [0.4, 0.5) is 0 Å². The average Bonchev–Trinajstić information content (AvgIpc) is 2.55. The van der Waals surface area contributed by atoms with Crippen LogP contribution in [0, 0.1) is 0 Å². The third-order valence-corrected chi connectivity index (χ3v) is 1.47. The summed E-state index contributed by atoms with van der Waals surface area (Å²) < 4.78 is 2.34. The minimum absolute atomic E-state index is 0.371. The summed E-state index contributed by atoms with van der Waals surface area (Å²) in [7, 11) is 0. The summed E-state index contributed by atoms with van der Waals surface area (Å²) in [5.41, 5.74) is 0. The topological polar surface area (TPSA) is 70.6 Å². The van der Waals surface area contributed by atoms with E-state index in [1.165, 1.54) is 4.68 Å². The van der Waals surface area contributed by atoms with Gasteiger partial charge in [-0.2, -0.15) is 5.21 Å². The van der Waals surface area contributed by atoms with Gasteiger partial charge in [-0.05, 0) is 15.9 Å². The van der Waals surface area contributed by atoms with Gasteiger partial charge in [0.1, 0.15) is 5.95 Å². The Balaban J connectivity index is 2.45. The smallest absolute Gasteiger partial charge is 0.120 e. The number of tetrazole rings is 1. The summed E-state index contributed by atoms with van der Waals surface area (Å²) in [6, 6.07) is 0. The van der Waals surface area contributed by atoms with Crippen LogP contribution in [0.2, 0.25) is 0 Å². The van der Waals surface area contributed by atoms with Crippen LogP contribution in [0.3, 0.4) is 0 Å². The van der Waals surface area contributed by atoms with Gasteiger partial charge in [0.15, 0.2) is 0 Å². The van der Waals surface area contributed by atoms with Crippen molar-refractivity contribution >= 4 is 15.9 Å². The van der Waals surface area contributed by atoms with Gasteiger partial charge in [-0.25, -0.2) is 10.2 Å². The molecule has 7 heteroatoms. The highest BCUT2D eigenvalue weighted by atomic mass is 79.9. The maximum Gasteiger partial charge on any atom is 0.120 e. The fourth-order valence-electron chi connectivity index (χ4n) is 0.642. The first kappa shape index (κ1) is 6.47. The second-order valence-corrected chi connectivity index (χ2v) is 2.70. The molecule has 0 atom stereocenters. The molecule has 0 radical (unpaired) electrons. The van der Waals surface area contributed by atoms with Gasteiger partial charge in [-0.15, -0.1) is 5.21 Å². The first-order chi connectivity index (χ1) is 5.36. The number of halogens is 1. The Labute approximate surface area is 69.7 Å². The van der Waals surface area contributed by atoms with Gasteiger partial charge in [0.2, 0.25) is 0 Å². The molecule has 6 nitrogen and oxygen atoms in total. The summed E-state index contributed by atoms with van der Waals surface area (Å²) in [5.74, 6) is 0.371. The molecule has 0 aliphatic rings. The predicted molar refractivity (Wildman–Crippen MR) is 38.0 cm³/mol. The lowest BCUT2D eigenvalue weighted by atomic mass is 10.7. The molecule has 56 valence electrons. The Morgan fingerprint density at radius 1 is 1.55 bits per heavy atom. The van der Waals surface area contributed by atoms with E-state index in [-0.39, 0.29) is 0 Å². The Hall–Kier alpha value is -1.24. The van der Waals surface area contributed by atoms with Crippen molar-refractivity contribution in [2.24, 2.45) is 0 Å². The monoisotopic (exact) mass is 213 g/mol. The molecule has 0 amide bonds. The summed E-state index contributed by atoms with van der Waals surface area (Å²) in [6.07, 6.45) is 3.36. The first-order valence-corrected chi connectivity index (χ1v) is 3.55. The van der Waals surface area contributed by atoms with Crippen LogP contribution in [-0.4, -0.2) is 25.3 Å². The van der Waals surface area contributed by atoms with Crippen LogP contribution in [0.1, 0.15) is 0 Å². The maximum absolute atomic E-state index is 3.92. The molecule has 0 aromatic carbocycles. The first-order valence-electron chi connectivity index (χ1n) is 2.75. The zero-order chi connectivity index (χ0) is 7.68. The largest absolute Gasteiger partial charge is 0.277 e. The molecule has 0 spiro atoms. The molecular formula is C4H2BrN6-. The number of rotatable bonds is 1. The Bertz CT molecular complexity index is 337. The van der Waals surface area contributed by atoms with E-state index in [2.05, 4.69) is 41.7 Å². The van der Waals surface area contributed by atoms with Crippen LogP contribution >= 0.6 is 15.9 Å². The lowest BCUT2D eigenvalue weighted by Crippen LogP contribution is -1.97. The van der Waals surface area contributed by atoms with Gasteiger partial charge < -0.3 is 0 Å². The molecule has 0 aliphatic carbocycles. The van der Waals surface area contributed by atoms with E-state index in [9.17, 15) is 0 Å². The van der Waals surface area contributed by atoms with Gasteiger partial charge in [-0.3, -0.25) is 9.78 Å². The highest BCUT2D eigenvalue weighted by Crippen LogP contribution is 2.07. The van der Waals surface area contributed by atoms with Crippen LogP contribution in [0.25, 0.3) is 5.95 Å². The van der Waals surface area contributed by atoms with E-state index in [0.717, 1.165) is 4.47 Å². The van der Waals surface area contributed by atoms with Crippen molar-refractivity contribution in [2.75, 3.05) is 0 Å². The van der Waals surface area contributed by atoms with Gasteiger partial charge in [0.05, 0.1) is 6.20 Å². The number of hydrogen-bond acceptors (Lipinski definition) is 4. The van der Waals surface area contributed by atoms with E-state index < -0.39 is 0 Å². The van der Waals surface area contributed by atoms with Crippen LogP contribution in [0.15, 0.2) is 16.9 Å². The second-order valence-electron chi connectivity index (χ2n) is 1.78. The fourth-order valence-corrected chi connectivity index (χ4v) is 0.927. The zero-order valence-electron chi connectivity index (χ0n) is 5.22. The van der Waals surface area contributed by atoms with Crippen LogP contribution in [0.5, 0.6) is 0 Å². The standard InChI is InChI=1S/C4H2BrN6/c5-3-1-6-11(2-3)4-7-9-10-8-4/h1-2H/q-1. The fraction of sp³-hybridized carbons (Fsp3) is 0. The van der Waals surface area contributed by atoms with E-state index in [4.69, 9.17) is 0 Å². The van der Waals surface area contributed by atoms with E-state index in [1.807, 2.05) is 0 Å². The normalized spacial score (nSPS) is 10.3. The molecule has 11 heavy (non-hydrogen) atoms. The van der Waals surface area contributed by atoms with Crippen molar-refractivity contribution in [1.82, 2.24) is 30.4 Å². The summed E-state index contributed by atoms with van der Waals surface area (Å²) >= 11 is 3.24. The number of hydrogen-bond donors (Lipinski definition) is 0. The van der Waals surface area contributed by atoms with Crippen molar-refractivity contribution < 1.29 is 0 Å². The molecule has 2 aromatic rings.